The molecule has 0 spiro atoms. The molecule has 1 aromatic carbocycles. The molecule has 0 bridgehead atoms. The molecule has 1 fully saturated rings. The molecule has 1 aliphatic carbocycles. The molecule has 0 aliphatic heterocycles. The second-order valence-corrected chi connectivity index (χ2v) is 8.04. The number of unbranched alkanes of at least 4 members (excludes halogenated alkanes) is 1. The monoisotopic (exact) mass is 354 g/mol. The van der Waals surface area contributed by atoms with Gasteiger partial charge in [0.25, 0.3) is 10.0 Å². The van der Waals surface area contributed by atoms with Gasteiger partial charge < -0.3 is 5.11 Å². The summed E-state index contributed by atoms with van der Waals surface area (Å²) in [4.78, 5) is 13.8. The third-order valence-corrected chi connectivity index (χ3v) is 5.86. The zero-order valence-corrected chi connectivity index (χ0v) is 15.1. The summed E-state index contributed by atoms with van der Waals surface area (Å²) in [6.07, 6.45) is 4.78. The molecule has 0 atom stereocenters. The number of rotatable bonds is 7. The zero-order chi connectivity index (χ0) is 17.7. The van der Waals surface area contributed by atoms with Crippen molar-refractivity contribution in [3.8, 4) is 0 Å². The lowest BCUT2D eigenvalue weighted by Crippen LogP contribution is -2.50. The fourth-order valence-electron chi connectivity index (χ4n) is 3.07. The van der Waals surface area contributed by atoms with Crippen LogP contribution in [-0.4, -0.2) is 30.7 Å². The zero-order valence-electron chi connectivity index (χ0n) is 14.3. The number of hydrazine groups is 1. The molecule has 0 unspecified atom stereocenters. The molecule has 0 heterocycles. The summed E-state index contributed by atoms with van der Waals surface area (Å²) in [7, 11) is -3.91. The van der Waals surface area contributed by atoms with Gasteiger partial charge in [0.15, 0.2) is 0 Å². The molecule has 2 rings (SSSR count). The first-order chi connectivity index (χ1) is 11.3. The van der Waals surface area contributed by atoms with Crippen molar-refractivity contribution in [3.63, 3.8) is 0 Å². The van der Waals surface area contributed by atoms with Gasteiger partial charge in [-0.2, -0.15) is 0 Å². The normalized spacial score (nSPS) is 15.6. The second-order valence-electron chi connectivity index (χ2n) is 6.38. The summed E-state index contributed by atoms with van der Waals surface area (Å²) in [6.45, 7) is 4.04. The number of carbonyl (C=O) groups is 1. The fourth-order valence-corrected chi connectivity index (χ4v) is 4.20. The Labute approximate surface area is 143 Å². The smallest absolute Gasteiger partial charge is 0.422 e. The van der Waals surface area contributed by atoms with Gasteiger partial charge in [-0.3, -0.25) is 0 Å². The van der Waals surface area contributed by atoms with Crippen molar-refractivity contribution in [2.75, 3.05) is 0 Å². The van der Waals surface area contributed by atoms with E-state index in [1.165, 1.54) is 6.07 Å². The number of aryl methyl sites for hydroxylation is 2. The highest BCUT2D eigenvalue weighted by Crippen LogP contribution is 2.24. The van der Waals surface area contributed by atoms with Gasteiger partial charge in [-0.05, 0) is 55.9 Å². The van der Waals surface area contributed by atoms with Crippen molar-refractivity contribution in [2.45, 2.75) is 69.7 Å². The van der Waals surface area contributed by atoms with Gasteiger partial charge in [0.2, 0.25) is 0 Å². The van der Waals surface area contributed by atoms with Crippen LogP contribution >= 0.6 is 0 Å². The van der Waals surface area contributed by atoms with Crippen molar-refractivity contribution in [1.29, 1.82) is 0 Å². The predicted octanol–water partition coefficient (Wildman–Crippen LogP) is 3.45. The summed E-state index contributed by atoms with van der Waals surface area (Å²) in [5.41, 5.74) is 2.04. The predicted molar refractivity (Wildman–Crippen MR) is 92.2 cm³/mol. The third kappa shape index (κ3) is 4.48. The molecule has 1 saturated carbocycles. The van der Waals surface area contributed by atoms with E-state index in [0.29, 0.717) is 12.8 Å². The van der Waals surface area contributed by atoms with E-state index in [2.05, 4.69) is 11.8 Å². The van der Waals surface area contributed by atoms with E-state index >= 15 is 0 Å². The average molecular weight is 354 g/mol. The maximum atomic E-state index is 12.6. The summed E-state index contributed by atoms with van der Waals surface area (Å²) < 4.78 is 25.2. The largest absolute Gasteiger partial charge is 0.464 e. The van der Waals surface area contributed by atoms with Gasteiger partial charge in [-0.15, -0.1) is 4.83 Å². The quantitative estimate of drug-likeness (QED) is 0.734. The van der Waals surface area contributed by atoms with Gasteiger partial charge in [-0.1, -0.05) is 32.3 Å². The van der Waals surface area contributed by atoms with Crippen LogP contribution in [0.1, 0.15) is 56.6 Å². The van der Waals surface area contributed by atoms with E-state index < -0.39 is 16.1 Å². The Kier molecular flexibility index (Phi) is 6.23. The highest BCUT2D eigenvalue weighted by molar-refractivity contribution is 7.89. The minimum atomic E-state index is -3.91. The van der Waals surface area contributed by atoms with Gasteiger partial charge >= 0.3 is 6.09 Å². The van der Waals surface area contributed by atoms with Gasteiger partial charge in [-0.25, -0.2) is 18.2 Å². The Morgan fingerprint density at radius 3 is 2.58 bits per heavy atom. The van der Waals surface area contributed by atoms with Crippen molar-refractivity contribution in [2.24, 2.45) is 0 Å². The Hall–Kier alpha value is -1.60. The molecule has 1 aromatic rings. The van der Waals surface area contributed by atoms with Crippen LogP contribution in [0.5, 0.6) is 0 Å². The molecular weight excluding hydrogens is 328 g/mol. The molecule has 6 nitrogen and oxygen atoms in total. The lowest BCUT2D eigenvalue weighted by molar-refractivity contribution is 0.113. The van der Waals surface area contributed by atoms with Crippen LogP contribution in [0.3, 0.4) is 0 Å². The summed E-state index contributed by atoms with van der Waals surface area (Å²) >= 11 is 0. The Morgan fingerprint density at radius 1 is 1.33 bits per heavy atom. The van der Waals surface area contributed by atoms with E-state index in [1.54, 1.807) is 12.1 Å². The first-order valence-electron chi connectivity index (χ1n) is 8.49. The Bertz CT molecular complexity index is 682. The van der Waals surface area contributed by atoms with Crippen molar-refractivity contribution >= 4 is 16.1 Å². The van der Waals surface area contributed by atoms with Crippen molar-refractivity contribution in [3.05, 3.63) is 29.3 Å². The number of carboxylic acid groups (broad SMARTS) is 1. The standard InChI is InChI=1S/C17H26N2O4S/c1-3-4-7-14-12-16(11-10-13(14)2)24(22,23)18-19(17(20)21)15-8-5-6-9-15/h10-12,15,18H,3-9H2,1-2H3,(H,20,21). The number of benzene rings is 1. The molecule has 24 heavy (non-hydrogen) atoms. The van der Waals surface area contributed by atoms with E-state index in [4.69, 9.17) is 0 Å². The van der Waals surface area contributed by atoms with E-state index in [9.17, 15) is 18.3 Å². The molecule has 0 radical (unpaired) electrons. The molecule has 0 aromatic heterocycles. The first-order valence-corrected chi connectivity index (χ1v) is 9.97. The number of hydrogen-bond donors (Lipinski definition) is 2. The maximum Gasteiger partial charge on any atom is 0.422 e. The number of hydrogen-bond acceptors (Lipinski definition) is 3. The third-order valence-electron chi connectivity index (χ3n) is 4.55. The Morgan fingerprint density at radius 2 is 2.00 bits per heavy atom. The SMILES string of the molecule is CCCCc1cc(S(=O)(=O)NN(C(=O)O)C2CCCC2)ccc1C. The minimum Gasteiger partial charge on any atom is -0.464 e. The number of nitrogens with one attached hydrogen (secondary N) is 1. The summed E-state index contributed by atoms with van der Waals surface area (Å²) in [6, 6.07) is 4.67. The minimum absolute atomic E-state index is 0.114. The van der Waals surface area contributed by atoms with E-state index in [1.807, 2.05) is 6.92 Å². The molecule has 7 heteroatoms. The first kappa shape index (κ1) is 18.7. The number of sulfonamides is 1. The highest BCUT2D eigenvalue weighted by Gasteiger charge is 2.30. The lowest BCUT2D eigenvalue weighted by Gasteiger charge is -2.26. The summed E-state index contributed by atoms with van der Waals surface area (Å²) in [5, 5.41) is 10.2. The van der Waals surface area contributed by atoms with Gasteiger partial charge in [0.05, 0.1) is 10.9 Å². The Balaban J connectivity index is 2.23. The molecule has 0 saturated heterocycles. The van der Waals surface area contributed by atoms with Crippen molar-refractivity contribution in [1.82, 2.24) is 9.84 Å². The molecule has 2 N–H and O–H groups in total. The summed E-state index contributed by atoms with van der Waals surface area (Å²) in [5.74, 6) is 0. The van der Waals surface area contributed by atoms with Crippen LogP contribution in [0.4, 0.5) is 4.79 Å². The van der Waals surface area contributed by atoms with Crippen LogP contribution < -0.4 is 4.83 Å². The van der Waals surface area contributed by atoms with Gasteiger partial charge in [0.1, 0.15) is 0 Å². The highest BCUT2D eigenvalue weighted by atomic mass is 32.2. The molecule has 134 valence electrons. The van der Waals surface area contributed by atoms with E-state index in [0.717, 1.165) is 48.2 Å². The number of nitrogens with zero attached hydrogens (tertiary/aromatic N) is 1. The van der Waals surface area contributed by atoms with Crippen LogP contribution in [-0.2, 0) is 16.4 Å². The lowest BCUT2D eigenvalue weighted by atomic mass is 10.0. The van der Waals surface area contributed by atoms with Crippen LogP contribution in [0, 0.1) is 6.92 Å². The topological polar surface area (TPSA) is 86.7 Å². The fraction of sp³-hybridized carbons (Fsp3) is 0.588. The van der Waals surface area contributed by atoms with Crippen LogP contribution in [0.2, 0.25) is 0 Å². The van der Waals surface area contributed by atoms with E-state index in [-0.39, 0.29) is 10.9 Å². The molecule has 1 aliphatic rings. The average Bonchev–Trinajstić information content (AvgIpc) is 3.05. The molecular formula is C17H26N2O4S. The van der Waals surface area contributed by atoms with Crippen LogP contribution in [0.25, 0.3) is 0 Å². The molecule has 1 amide bonds. The van der Waals surface area contributed by atoms with Crippen LogP contribution in [0.15, 0.2) is 23.1 Å². The number of amides is 1. The van der Waals surface area contributed by atoms with Gasteiger partial charge in [0, 0.05) is 0 Å². The van der Waals surface area contributed by atoms with Crippen molar-refractivity contribution < 1.29 is 18.3 Å². The second kappa shape index (κ2) is 7.98. The maximum absolute atomic E-state index is 12.6.